The van der Waals surface area contributed by atoms with Crippen LogP contribution in [0.1, 0.15) is 47.5 Å². The lowest BCUT2D eigenvalue weighted by molar-refractivity contribution is -0.130. The second kappa shape index (κ2) is 6.37. The minimum absolute atomic E-state index is 0.0352. The molecule has 0 bridgehead atoms. The smallest absolute Gasteiger partial charge is 0.242 e. The zero-order valence-corrected chi connectivity index (χ0v) is 11.2. The minimum atomic E-state index is -0.589. The Morgan fingerprint density at radius 3 is 2.06 bits per heavy atom. The third kappa shape index (κ3) is 8.42. The summed E-state index contributed by atoms with van der Waals surface area (Å²) < 4.78 is 0. The van der Waals surface area contributed by atoms with Gasteiger partial charge in [0.15, 0.2) is 0 Å². The van der Waals surface area contributed by atoms with E-state index >= 15 is 0 Å². The molecule has 1 unspecified atom stereocenters. The number of amides is 2. The van der Waals surface area contributed by atoms with Crippen LogP contribution in [0.25, 0.3) is 0 Å². The highest BCUT2D eigenvalue weighted by Gasteiger charge is 2.20. The van der Waals surface area contributed by atoms with E-state index in [1.165, 1.54) is 6.92 Å². The van der Waals surface area contributed by atoms with Crippen molar-refractivity contribution in [1.82, 2.24) is 10.6 Å². The van der Waals surface area contributed by atoms with Gasteiger partial charge in [0.25, 0.3) is 0 Å². The lowest BCUT2D eigenvalue weighted by atomic mass is 10.1. The van der Waals surface area contributed by atoms with Crippen LogP contribution in [0.5, 0.6) is 0 Å². The molecule has 17 heavy (non-hydrogen) atoms. The molecule has 0 aromatic rings. The van der Waals surface area contributed by atoms with Gasteiger partial charge in [0.05, 0.1) is 0 Å². The summed E-state index contributed by atoms with van der Waals surface area (Å²) in [5.74, 6) is -0.544. The Morgan fingerprint density at radius 1 is 1.12 bits per heavy atom. The first kappa shape index (κ1) is 15.6. The third-order valence-corrected chi connectivity index (χ3v) is 1.97. The highest BCUT2D eigenvalue weighted by Crippen LogP contribution is 1.99. The molecule has 0 fully saturated rings. The predicted molar refractivity (Wildman–Crippen MR) is 65.4 cm³/mol. The Morgan fingerprint density at radius 2 is 1.65 bits per heavy atom. The number of rotatable bonds is 5. The van der Waals surface area contributed by atoms with Gasteiger partial charge in [0.2, 0.25) is 11.8 Å². The average molecular weight is 242 g/mol. The molecule has 5 heteroatoms. The molecule has 0 aromatic heterocycles. The second-order valence-electron chi connectivity index (χ2n) is 5.23. The average Bonchev–Trinajstić information content (AvgIpc) is 2.11. The number of carbonyl (C=O) groups is 3. The molecule has 0 aliphatic carbocycles. The van der Waals surface area contributed by atoms with Crippen LogP contribution in [0, 0.1) is 0 Å². The van der Waals surface area contributed by atoms with Crippen molar-refractivity contribution in [1.29, 1.82) is 0 Å². The molecule has 98 valence electrons. The van der Waals surface area contributed by atoms with Crippen LogP contribution in [0.15, 0.2) is 0 Å². The van der Waals surface area contributed by atoms with Gasteiger partial charge < -0.3 is 15.4 Å². The molecule has 0 heterocycles. The Hall–Kier alpha value is -1.39. The number of nitrogens with one attached hydrogen (secondary N) is 2. The fourth-order valence-corrected chi connectivity index (χ4v) is 1.15. The highest BCUT2D eigenvalue weighted by molar-refractivity contribution is 5.89. The van der Waals surface area contributed by atoms with Crippen molar-refractivity contribution in [3.05, 3.63) is 0 Å². The van der Waals surface area contributed by atoms with E-state index in [2.05, 4.69) is 10.6 Å². The van der Waals surface area contributed by atoms with Gasteiger partial charge in [-0.1, -0.05) is 0 Å². The first-order valence-electron chi connectivity index (χ1n) is 5.72. The molecule has 0 spiro atoms. The van der Waals surface area contributed by atoms with Gasteiger partial charge in [-0.15, -0.1) is 0 Å². The van der Waals surface area contributed by atoms with E-state index in [9.17, 15) is 14.4 Å². The lowest BCUT2D eigenvalue weighted by Crippen LogP contribution is -2.50. The van der Waals surface area contributed by atoms with E-state index in [4.69, 9.17) is 0 Å². The molecular weight excluding hydrogens is 220 g/mol. The summed E-state index contributed by atoms with van der Waals surface area (Å²) in [5.41, 5.74) is -0.324. The van der Waals surface area contributed by atoms with Crippen molar-refractivity contribution in [3.8, 4) is 0 Å². The van der Waals surface area contributed by atoms with Gasteiger partial charge in [-0.05, 0) is 34.6 Å². The first-order chi connectivity index (χ1) is 7.61. The topological polar surface area (TPSA) is 75.3 Å². The normalized spacial score (nSPS) is 12.8. The highest BCUT2D eigenvalue weighted by atomic mass is 16.2. The maximum Gasteiger partial charge on any atom is 0.242 e. The minimum Gasteiger partial charge on any atom is -0.350 e. The summed E-state index contributed by atoms with van der Waals surface area (Å²) in [6, 6.07) is -0.589. The molecule has 2 N–H and O–H groups in total. The summed E-state index contributed by atoms with van der Waals surface area (Å²) >= 11 is 0. The predicted octanol–water partition coefficient (Wildman–Crippen LogP) is 0.775. The Kier molecular flexibility index (Phi) is 5.85. The largest absolute Gasteiger partial charge is 0.350 e. The van der Waals surface area contributed by atoms with Crippen molar-refractivity contribution in [2.75, 3.05) is 0 Å². The van der Waals surface area contributed by atoms with Crippen LogP contribution in [-0.4, -0.2) is 29.2 Å². The monoisotopic (exact) mass is 242 g/mol. The molecule has 0 saturated heterocycles. The molecular formula is C12H22N2O3. The molecule has 0 aliphatic rings. The van der Waals surface area contributed by atoms with Gasteiger partial charge in [-0.2, -0.15) is 0 Å². The molecule has 2 amide bonds. The van der Waals surface area contributed by atoms with Gasteiger partial charge in [0.1, 0.15) is 11.8 Å². The summed E-state index contributed by atoms with van der Waals surface area (Å²) in [6.45, 7) is 8.66. The van der Waals surface area contributed by atoms with Crippen LogP contribution < -0.4 is 10.6 Å². The quantitative estimate of drug-likeness (QED) is 0.748. The van der Waals surface area contributed by atoms with Crippen LogP contribution >= 0.6 is 0 Å². The molecule has 0 aromatic carbocycles. The first-order valence-corrected chi connectivity index (χ1v) is 5.72. The molecule has 5 nitrogen and oxygen atoms in total. The van der Waals surface area contributed by atoms with Crippen LogP contribution in [-0.2, 0) is 14.4 Å². The van der Waals surface area contributed by atoms with E-state index in [-0.39, 0.29) is 36.0 Å². The second-order valence-corrected chi connectivity index (χ2v) is 5.23. The molecule has 0 radical (unpaired) electrons. The van der Waals surface area contributed by atoms with Crippen LogP contribution in [0.3, 0.4) is 0 Å². The number of carbonyl (C=O) groups excluding carboxylic acids is 3. The van der Waals surface area contributed by atoms with E-state index in [1.807, 2.05) is 20.8 Å². The van der Waals surface area contributed by atoms with Gasteiger partial charge >= 0.3 is 0 Å². The van der Waals surface area contributed by atoms with Crippen molar-refractivity contribution in [3.63, 3.8) is 0 Å². The maximum absolute atomic E-state index is 11.6. The van der Waals surface area contributed by atoms with E-state index < -0.39 is 6.04 Å². The van der Waals surface area contributed by atoms with Gasteiger partial charge in [-0.25, -0.2) is 0 Å². The van der Waals surface area contributed by atoms with Crippen LogP contribution in [0.4, 0.5) is 0 Å². The number of hydrogen-bond donors (Lipinski definition) is 2. The number of Topliss-reactive ketones (excluding diaryl/α,β-unsaturated/α-hetero) is 1. The van der Waals surface area contributed by atoms with Crippen LogP contribution in [0.2, 0.25) is 0 Å². The number of hydrogen-bond acceptors (Lipinski definition) is 3. The van der Waals surface area contributed by atoms with Crippen molar-refractivity contribution >= 4 is 17.6 Å². The van der Waals surface area contributed by atoms with Gasteiger partial charge in [-0.3, -0.25) is 9.59 Å². The van der Waals surface area contributed by atoms with E-state index in [0.717, 1.165) is 0 Å². The Balaban J connectivity index is 4.08. The molecule has 0 aliphatic heterocycles. The summed E-state index contributed by atoms with van der Waals surface area (Å²) in [6.07, 6.45) is 0.335. The zero-order chi connectivity index (χ0) is 13.6. The van der Waals surface area contributed by atoms with Crippen molar-refractivity contribution < 1.29 is 14.4 Å². The van der Waals surface area contributed by atoms with Crippen molar-refractivity contribution in [2.45, 2.75) is 59.0 Å². The summed E-state index contributed by atoms with van der Waals surface area (Å²) in [5, 5.41) is 5.32. The Bertz CT molecular complexity index is 305. The SMILES string of the molecule is CC(=O)CCC(=O)NC(C)C(=O)NC(C)(C)C. The van der Waals surface area contributed by atoms with Crippen molar-refractivity contribution in [2.24, 2.45) is 0 Å². The lowest BCUT2D eigenvalue weighted by Gasteiger charge is -2.23. The van der Waals surface area contributed by atoms with E-state index in [1.54, 1.807) is 6.92 Å². The molecule has 0 rings (SSSR count). The fraction of sp³-hybridized carbons (Fsp3) is 0.750. The number of ketones is 1. The third-order valence-electron chi connectivity index (χ3n) is 1.97. The molecule has 0 saturated carbocycles. The maximum atomic E-state index is 11.6. The zero-order valence-electron chi connectivity index (χ0n) is 11.2. The summed E-state index contributed by atoms with van der Waals surface area (Å²) in [4.78, 5) is 33.7. The van der Waals surface area contributed by atoms with E-state index in [0.29, 0.717) is 0 Å². The fourth-order valence-electron chi connectivity index (χ4n) is 1.15. The van der Waals surface area contributed by atoms with Gasteiger partial charge in [0, 0.05) is 18.4 Å². The summed E-state index contributed by atoms with van der Waals surface area (Å²) in [7, 11) is 0. The Labute approximate surface area is 102 Å². The standard InChI is InChI=1S/C12H22N2O3/c1-8(15)6-7-10(16)13-9(2)11(17)14-12(3,4)5/h9H,6-7H2,1-5H3,(H,13,16)(H,14,17). The molecule has 1 atom stereocenters.